The summed E-state index contributed by atoms with van der Waals surface area (Å²) in [7, 11) is 0. The van der Waals surface area contributed by atoms with Crippen LogP contribution in [0.25, 0.3) is 0 Å². The van der Waals surface area contributed by atoms with Crippen LogP contribution in [0.5, 0.6) is 0 Å². The third kappa shape index (κ3) is 6.45. The summed E-state index contributed by atoms with van der Waals surface area (Å²) < 4.78 is 0. The third-order valence-electron chi connectivity index (χ3n) is 3.28. The summed E-state index contributed by atoms with van der Waals surface area (Å²) in [6.07, 6.45) is 2.94. The van der Waals surface area contributed by atoms with Crippen molar-refractivity contribution < 1.29 is 19.2 Å². The molecule has 6 nitrogen and oxygen atoms in total. The number of carbonyl (C=O) groups is 4. The van der Waals surface area contributed by atoms with Crippen LogP contribution in [0, 0.1) is 0 Å². The van der Waals surface area contributed by atoms with Crippen molar-refractivity contribution in [1.29, 1.82) is 0 Å². The number of Topliss-reactive ketones (excluding diaryl/α,β-unsaturated/α-hetero) is 2. The number of nitrogens with one attached hydrogen (secondary N) is 2. The smallest absolute Gasteiger partial charge is 0.227 e. The van der Waals surface area contributed by atoms with Gasteiger partial charge in [0, 0.05) is 12.1 Å². The molecule has 0 aliphatic heterocycles. The lowest BCUT2D eigenvalue weighted by Crippen LogP contribution is -2.44. The zero-order valence-corrected chi connectivity index (χ0v) is 12.0. The Kier molecular flexibility index (Phi) is 6.35. The Labute approximate surface area is 118 Å². The lowest BCUT2D eigenvalue weighted by molar-refractivity contribution is -0.130. The molecule has 0 unspecified atom stereocenters. The first-order chi connectivity index (χ1) is 9.36. The van der Waals surface area contributed by atoms with E-state index in [1.807, 2.05) is 0 Å². The lowest BCUT2D eigenvalue weighted by Gasteiger charge is -2.29. The van der Waals surface area contributed by atoms with Gasteiger partial charge in [-0.3, -0.25) is 19.2 Å². The fourth-order valence-electron chi connectivity index (χ4n) is 2.39. The van der Waals surface area contributed by atoms with Crippen molar-refractivity contribution in [3.63, 3.8) is 0 Å². The van der Waals surface area contributed by atoms with Crippen molar-refractivity contribution >= 4 is 23.4 Å². The van der Waals surface area contributed by atoms with Gasteiger partial charge in [-0.2, -0.15) is 0 Å². The van der Waals surface area contributed by atoms with Crippen LogP contribution in [0.4, 0.5) is 0 Å². The molecular weight excluding hydrogens is 260 g/mol. The van der Waals surface area contributed by atoms with E-state index >= 15 is 0 Å². The monoisotopic (exact) mass is 282 g/mol. The SMILES string of the molecule is CC(=O)CC(=O)NC1CCC(NC(=O)CC(C)=O)CC1. The minimum Gasteiger partial charge on any atom is -0.353 e. The molecule has 1 aliphatic rings. The Morgan fingerprint density at radius 2 is 1.05 bits per heavy atom. The minimum absolute atomic E-state index is 0.0720. The van der Waals surface area contributed by atoms with E-state index in [2.05, 4.69) is 10.6 Å². The molecule has 20 heavy (non-hydrogen) atoms. The molecule has 1 rings (SSSR count). The van der Waals surface area contributed by atoms with Crippen LogP contribution < -0.4 is 10.6 Å². The van der Waals surface area contributed by atoms with Gasteiger partial charge in [0.25, 0.3) is 0 Å². The van der Waals surface area contributed by atoms with E-state index in [-0.39, 0.29) is 48.3 Å². The number of carbonyl (C=O) groups excluding carboxylic acids is 4. The molecule has 0 saturated heterocycles. The molecule has 2 N–H and O–H groups in total. The molecule has 1 aliphatic carbocycles. The number of amides is 2. The molecule has 1 saturated carbocycles. The Morgan fingerprint density at radius 3 is 1.30 bits per heavy atom. The van der Waals surface area contributed by atoms with E-state index in [0.29, 0.717) is 0 Å². The normalized spacial score (nSPS) is 21.9. The highest BCUT2D eigenvalue weighted by Crippen LogP contribution is 2.18. The molecule has 1 fully saturated rings. The van der Waals surface area contributed by atoms with Crippen molar-refractivity contribution in [1.82, 2.24) is 10.6 Å². The van der Waals surface area contributed by atoms with Gasteiger partial charge in [-0.25, -0.2) is 0 Å². The van der Waals surface area contributed by atoms with Crippen molar-refractivity contribution in [3.05, 3.63) is 0 Å². The van der Waals surface area contributed by atoms with E-state index in [4.69, 9.17) is 0 Å². The first-order valence-corrected chi connectivity index (χ1v) is 6.94. The summed E-state index contributed by atoms with van der Waals surface area (Å²) >= 11 is 0. The van der Waals surface area contributed by atoms with E-state index < -0.39 is 0 Å². The Morgan fingerprint density at radius 1 is 0.750 bits per heavy atom. The van der Waals surface area contributed by atoms with Crippen molar-refractivity contribution in [2.75, 3.05) is 0 Å². The molecule has 0 aromatic carbocycles. The van der Waals surface area contributed by atoms with Gasteiger partial charge in [-0.15, -0.1) is 0 Å². The first-order valence-electron chi connectivity index (χ1n) is 6.94. The highest BCUT2D eigenvalue weighted by molar-refractivity contribution is 5.97. The molecular formula is C14H22N2O4. The zero-order valence-electron chi connectivity index (χ0n) is 12.0. The maximum Gasteiger partial charge on any atom is 0.227 e. The molecule has 0 heterocycles. The Hall–Kier alpha value is -1.72. The summed E-state index contributed by atoms with van der Waals surface area (Å²) in [5.41, 5.74) is 0. The van der Waals surface area contributed by atoms with Crippen LogP contribution in [0.1, 0.15) is 52.4 Å². The molecule has 0 bridgehead atoms. The molecule has 0 aromatic heterocycles. The van der Waals surface area contributed by atoms with Gasteiger partial charge in [0.05, 0.1) is 12.8 Å². The van der Waals surface area contributed by atoms with Gasteiger partial charge in [0.1, 0.15) is 11.6 Å². The van der Waals surface area contributed by atoms with E-state index in [9.17, 15) is 19.2 Å². The van der Waals surface area contributed by atoms with Crippen molar-refractivity contribution in [2.24, 2.45) is 0 Å². The molecule has 112 valence electrons. The topological polar surface area (TPSA) is 92.3 Å². The maximum atomic E-state index is 11.5. The number of hydrogen-bond donors (Lipinski definition) is 2. The number of rotatable bonds is 6. The van der Waals surface area contributed by atoms with E-state index in [1.54, 1.807) is 0 Å². The summed E-state index contributed by atoms with van der Waals surface area (Å²) in [5, 5.41) is 5.66. The maximum absolute atomic E-state index is 11.5. The average molecular weight is 282 g/mol. The van der Waals surface area contributed by atoms with E-state index in [0.717, 1.165) is 25.7 Å². The van der Waals surface area contributed by atoms with Gasteiger partial charge in [-0.05, 0) is 39.5 Å². The van der Waals surface area contributed by atoms with Crippen LogP contribution in [0.15, 0.2) is 0 Å². The average Bonchev–Trinajstić information content (AvgIpc) is 2.29. The second kappa shape index (κ2) is 7.77. The molecule has 0 atom stereocenters. The molecule has 0 radical (unpaired) electrons. The highest BCUT2D eigenvalue weighted by atomic mass is 16.2. The van der Waals surface area contributed by atoms with Gasteiger partial charge >= 0.3 is 0 Å². The van der Waals surface area contributed by atoms with Gasteiger partial charge < -0.3 is 10.6 Å². The molecule has 2 amide bonds. The van der Waals surface area contributed by atoms with Gasteiger partial charge in [0.2, 0.25) is 11.8 Å². The summed E-state index contributed by atoms with van der Waals surface area (Å²) in [6.45, 7) is 2.78. The van der Waals surface area contributed by atoms with Crippen molar-refractivity contribution in [3.8, 4) is 0 Å². The Balaban J connectivity index is 2.26. The van der Waals surface area contributed by atoms with Crippen LogP contribution in [0.2, 0.25) is 0 Å². The first kappa shape index (κ1) is 16.3. The minimum atomic E-state index is -0.235. The van der Waals surface area contributed by atoms with Crippen LogP contribution in [-0.2, 0) is 19.2 Å². The molecule has 6 heteroatoms. The second-order valence-corrected chi connectivity index (χ2v) is 5.44. The quantitative estimate of drug-likeness (QED) is 0.693. The van der Waals surface area contributed by atoms with Gasteiger partial charge in [0.15, 0.2) is 0 Å². The predicted molar refractivity (Wildman–Crippen MR) is 72.9 cm³/mol. The number of hydrogen-bond acceptors (Lipinski definition) is 4. The van der Waals surface area contributed by atoms with Gasteiger partial charge in [-0.1, -0.05) is 0 Å². The number of ketones is 2. The third-order valence-corrected chi connectivity index (χ3v) is 3.28. The summed E-state index contributed by atoms with van der Waals surface area (Å²) in [5.74, 6) is -0.761. The predicted octanol–water partition coefficient (Wildman–Crippen LogP) is 0.488. The van der Waals surface area contributed by atoms with Crippen LogP contribution >= 0.6 is 0 Å². The highest BCUT2D eigenvalue weighted by Gasteiger charge is 2.23. The Bertz CT molecular complexity index is 360. The van der Waals surface area contributed by atoms with E-state index in [1.165, 1.54) is 13.8 Å². The molecule has 0 spiro atoms. The second-order valence-electron chi connectivity index (χ2n) is 5.44. The van der Waals surface area contributed by atoms with Crippen LogP contribution in [-0.4, -0.2) is 35.5 Å². The summed E-state index contributed by atoms with van der Waals surface area (Å²) in [4.78, 5) is 44.6. The fraction of sp³-hybridized carbons (Fsp3) is 0.714. The standard InChI is InChI=1S/C14H22N2O4/c1-9(17)7-13(19)15-11-3-5-12(6-4-11)16-14(20)8-10(2)18/h11-12H,3-8H2,1-2H3,(H,15,19)(H,16,20). The summed E-state index contributed by atoms with van der Waals surface area (Å²) in [6, 6.07) is 0.144. The van der Waals surface area contributed by atoms with Crippen molar-refractivity contribution in [2.45, 2.75) is 64.5 Å². The largest absolute Gasteiger partial charge is 0.353 e. The lowest BCUT2D eigenvalue weighted by atomic mass is 9.91. The van der Waals surface area contributed by atoms with Crippen LogP contribution in [0.3, 0.4) is 0 Å². The molecule has 0 aromatic rings. The zero-order chi connectivity index (χ0) is 15.1. The fourth-order valence-corrected chi connectivity index (χ4v) is 2.39.